The van der Waals surface area contributed by atoms with E-state index in [2.05, 4.69) is 0 Å². The van der Waals surface area contributed by atoms with Gasteiger partial charge in [-0.1, -0.05) is 12.1 Å². The third-order valence-electron chi connectivity index (χ3n) is 2.98. The van der Waals surface area contributed by atoms with Gasteiger partial charge in [0.15, 0.2) is 0 Å². The zero-order valence-electron chi connectivity index (χ0n) is 10.9. The molecule has 0 fully saturated rings. The van der Waals surface area contributed by atoms with Gasteiger partial charge < -0.3 is 14.4 Å². The molecule has 0 radical (unpaired) electrons. The lowest BCUT2D eigenvalue weighted by atomic mass is 10.1. The van der Waals surface area contributed by atoms with E-state index in [1.165, 1.54) is 0 Å². The first-order valence-corrected chi connectivity index (χ1v) is 6.35. The Bertz CT molecular complexity index is 419. The van der Waals surface area contributed by atoms with Crippen LogP contribution in [0.25, 0.3) is 0 Å². The summed E-state index contributed by atoms with van der Waals surface area (Å²) in [7, 11) is 0. The number of amides is 1. The fraction of sp³-hybridized carbons (Fsp3) is 0.500. The van der Waals surface area contributed by atoms with Crippen molar-refractivity contribution in [2.24, 2.45) is 0 Å². The number of hydrogen-bond acceptors (Lipinski definition) is 3. The molecule has 1 amide bonds. The SMILES string of the molecule is CCOCCC(=O)N1c2ccccc2OC[C@@H]1C. The van der Waals surface area contributed by atoms with Crippen LogP contribution in [0.1, 0.15) is 20.3 Å². The Morgan fingerprint density at radius 2 is 2.28 bits per heavy atom. The van der Waals surface area contributed by atoms with Crippen molar-refractivity contribution in [3.05, 3.63) is 24.3 Å². The van der Waals surface area contributed by atoms with Crippen molar-refractivity contribution in [2.75, 3.05) is 24.7 Å². The van der Waals surface area contributed by atoms with Gasteiger partial charge in [0.2, 0.25) is 5.91 Å². The minimum atomic E-state index is 0.0639. The minimum absolute atomic E-state index is 0.0639. The number of nitrogens with zero attached hydrogens (tertiary/aromatic N) is 1. The molecule has 0 aliphatic carbocycles. The van der Waals surface area contributed by atoms with E-state index < -0.39 is 0 Å². The van der Waals surface area contributed by atoms with Crippen molar-refractivity contribution < 1.29 is 14.3 Å². The fourth-order valence-electron chi connectivity index (χ4n) is 2.11. The predicted octanol–water partition coefficient (Wildman–Crippen LogP) is 2.23. The standard InChI is InChI=1S/C14H19NO3/c1-3-17-9-8-14(16)15-11(2)10-18-13-7-5-4-6-12(13)15/h4-7,11H,3,8-10H2,1-2H3/t11-/m0/s1. The molecule has 0 spiro atoms. The van der Waals surface area contributed by atoms with Crippen molar-refractivity contribution in [3.63, 3.8) is 0 Å². The van der Waals surface area contributed by atoms with Crippen molar-refractivity contribution >= 4 is 11.6 Å². The lowest BCUT2D eigenvalue weighted by Crippen LogP contribution is -2.45. The fourth-order valence-corrected chi connectivity index (χ4v) is 2.11. The Hall–Kier alpha value is -1.55. The normalized spacial score (nSPS) is 18.1. The third kappa shape index (κ3) is 2.64. The summed E-state index contributed by atoms with van der Waals surface area (Å²) in [4.78, 5) is 14.1. The summed E-state index contributed by atoms with van der Waals surface area (Å²) in [5.41, 5.74) is 0.859. The molecule has 0 unspecified atom stereocenters. The molecule has 1 aliphatic heterocycles. The van der Waals surface area contributed by atoms with Gasteiger partial charge in [-0.2, -0.15) is 0 Å². The maximum Gasteiger partial charge on any atom is 0.229 e. The first-order chi connectivity index (χ1) is 8.74. The van der Waals surface area contributed by atoms with E-state index >= 15 is 0 Å². The van der Waals surface area contributed by atoms with Crippen LogP contribution in [-0.4, -0.2) is 31.8 Å². The molecule has 1 aliphatic rings. The molecule has 18 heavy (non-hydrogen) atoms. The summed E-state index contributed by atoms with van der Waals surface area (Å²) in [6.45, 7) is 5.58. The first kappa shape index (κ1) is 12.9. The molecule has 2 rings (SSSR count). The van der Waals surface area contributed by atoms with Crippen LogP contribution < -0.4 is 9.64 Å². The molecule has 4 heteroatoms. The van der Waals surface area contributed by atoms with E-state index in [4.69, 9.17) is 9.47 Å². The molecule has 1 heterocycles. The molecule has 0 aromatic heterocycles. The number of benzene rings is 1. The highest BCUT2D eigenvalue weighted by molar-refractivity contribution is 5.95. The number of hydrogen-bond donors (Lipinski definition) is 0. The summed E-state index contributed by atoms with van der Waals surface area (Å²) < 4.78 is 10.9. The number of rotatable bonds is 4. The maximum absolute atomic E-state index is 12.2. The van der Waals surface area contributed by atoms with Crippen molar-refractivity contribution in [1.29, 1.82) is 0 Å². The Kier molecular flexibility index (Phi) is 4.20. The summed E-state index contributed by atoms with van der Waals surface area (Å²) in [5, 5.41) is 0. The lowest BCUT2D eigenvalue weighted by molar-refractivity contribution is -0.120. The van der Waals surface area contributed by atoms with Gasteiger partial charge in [0.05, 0.1) is 24.8 Å². The van der Waals surface area contributed by atoms with Crippen LogP contribution in [0.2, 0.25) is 0 Å². The van der Waals surface area contributed by atoms with Crippen LogP contribution >= 0.6 is 0 Å². The largest absolute Gasteiger partial charge is 0.489 e. The minimum Gasteiger partial charge on any atom is -0.489 e. The molecule has 4 nitrogen and oxygen atoms in total. The Labute approximate surface area is 107 Å². The second-order valence-corrected chi connectivity index (χ2v) is 4.34. The van der Waals surface area contributed by atoms with Gasteiger partial charge in [-0.25, -0.2) is 0 Å². The smallest absolute Gasteiger partial charge is 0.229 e. The quantitative estimate of drug-likeness (QED) is 0.768. The molecule has 0 N–H and O–H groups in total. The number of para-hydroxylation sites is 2. The van der Waals surface area contributed by atoms with Gasteiger partial charge in [-0.05, 0) is 26.0 Å². The van der Waals surface area contributed by atoms with Gasteiger partial charge in [0.1, 0.15) is 12.4 Å². The molecule has 98 valence electrons. The van der Waals surface area contributed by atoms with Crippen LogP contribution in [-0.2, 0) is 9.53 Å². The van der Waals surface area contributed by atoms with Gasteiger partial charge in [-0.15, -0.1) is 0 Å². The molecule has 0 bridgehead atoms. The number of carbonyl (C=O) groups is 1. The first-order valence-electron chi connectivity index (χ1n) is 6.35. The van der Waals surface area contributed by atoms with E-state index in [9.17, 15) is 4.79 Å². The second kappa shape index (κ2) is 5.87. The summed E-state index contributed by atoms with van der Waals surface area (Å²) in [6, 6.07) is 7.71. The average Bonchev–Trinajstić information content (AvgIpc) is 2.38. The summed E-state index contributed by atoms with van der Waals surface area (Å²) >= 11 is 0. The molecule has 1 aromatic rings. The van der Waals surface area contributed by atoms with E-state index in [-0.39, 0.29) is 11.9 Å². The molecular formula is C14H19NO3. The average molecular weight is 249 g/mol. The Morgan fingerprint density at radius 3 is 3.06 bits per heavy atom. The summed E-state index contributed by atoms with van der Waals surface area (Å²) in [5.74, 6) is 0.868. The zero-order chi connectivity index (χ0) is 13.0. The highest BCUT2D eigenvalue weighted by Gasteiger charge is 2.28. The number of fused-ring (bicyclic) bond motifs is 1. The van der Waals surface area contributed by atoms with Crippen LogP contribution in [0.3, 0.4) is 0 Å². The van der Waals surface area contributed by atoms with Gasteiger partial charge >= 0.3 is 0 Å². The van der Waals surface area contributed by atoms with E-state index in [1.807, 2.05) is 43.0 Å². The van der Waals surface area contributed by atoms with Crippen LogP contribution in [0.4, 0.5) is 5.69 Å². The van der Waals surface area contributed by atoms with Crippen molar-refractivity contribution in [2.45, 2.75) is 26.3 Å². The van der Waals surface area contributed by atoms with Crippen LogP contribution in [0.5, 0.6) is 5.75 Å². The van der Waals surface area contributed by atoms with Crippen molar-refractivity contribution in [1.82, 2.24) is 0 Å². The van der Waals surface area contributed by atoms with Gasteiger partial charge in [0.25, 0.3) is 0 Å². The Morgan fingerprint density at radius 1 is 1.50 bits per heavy atom. The van der Waals surface area contributed by atoms with E-state index in [1.54, 1.807) is 0 Å². The topological polar surface area (TPSA) is 38.8 Å². The zero-order valence-corrected chi connectivity index (χ0v) is 10.9. The maximum atomic E-state index is 12.2. The predicted molar refractivity (Wildman–Crippen MR) is 70.0 cm³/mol. The van der Waals surface area contributed by atoms with E-state index in [0.717, 1.165) is 11.4 Å². The number of anilines is 1. The van der Waals surface area contributed by atoms with Gasteiger partial charge in [0, 0.05) is 6.61 Å². The third-order valence-corrected chi connectivity index (χ3v) is 2.98. The second-order valence-electron chi connectivity index (χ2n) is 4.34. The molecule has 1 aromatic carbocycles. The van der Waals surface area contributed by atoms with E-state index in [0.29, 0.717) is 26.2 Å². The number of ether oxygens (including phenoxy) is 2. The number of carbonyl (C=O) groups excluding carboxylic acids is 1. The van der Waals surface area contributed by atoms with Crippen LogP contribution in [0, 0.1) is 0 Å². The highest BCUT2D eigenvalue weighted by Crippen LogP contribution is 2.33. The van der Waals surface area contributed by atoms with Crippen molar-refractivity contribution in [3.8, 4) is 5.75 Å². The van der Waals surface area contributed by atoms with Crippen LogP contribution in [0.15, 0.2) is 24.3 Å². The molecular weight excluding hydrogens is 230 g/mol. The monoisotopic (exact) mass is 249 g/mol. The summed E-state index contributed by atoms with van der Waals surface area (Å²) in [6.07, 6.45) is 0.409. The molecule has 0 saturated carbocycles. The molecule has 0 saturated heterocycles. The Balaban J connectivity index is 2.13. The molecule has 1 atom stereocenters. The highest BCUT2D eigenvalue weighted by atomic mass is 16.5. The van der Waals surface area contributed by atoms with Gasteiger partial charge in [-0.3, -0.25) is 4.79 Å². The lowest BCUT2D eigenvalue weighted by Gasteiger charge is -2.35.